The van der Waals surface area contributed by atoms with Gasteiger partial charge in [-0.1, -0.05) is 11.6 Å². The number of nitrogens with zero attached hydrogens (tertiary/aromatic N) is 1. The first-order valence-electron chi connectivity index (χ1n) is 8.13. The second-order valence-corrected chi connectivity index (χ2v) is 7.37. The lowest BCUT2D eigenvalue weighted by molar-refractivity contribution is -0.120. The summed E-state index contributed by atoms with van der Waals surface area (Å²) in [5.41, 5.74) is 2.46. The molecule has 0 aliphatic carbocycles. The van der Waals surface area contributed by atoms with Crippen LogP contribution in [0.3, 0.4) is 0 Å². The second kappa shape index (κ2) is 8.02. The Labute approximate surface area is 160 Å². The molecule has 0 unspecified atom stereocenters. The molecule has 0 radical (unpaired) electrons. The molecule has 0 saturated carbocycles. The number of aldehydes is 1. The monoisotopic (exact) mass is 420 g/mol. The van der Waals surface area contributed by atoms with Crippen LogP contribution in [-0.2, 0) is 4.79 Å². The molecule has 4 nitrogen and oxygen atoms in total. The molecular formula is C19H18BrClN2O2. The molecule has 0 atom stereocenters. The molecule has 1 heterocycles. The SMILES string of the molecule is O=Cc1ccc(N2CCC(C(=O)Nc3cc(Cl)ccc3Br)CC2)cc1. The summed E-state index contributed by atoms with van der Waals surface area (Å²) in [7, 11) is 0. The lowest BCUT2D eigenvalue weighted by Gasteiger charge is -2.33. The Hall–Kier alpha value is -1.85. The van der Waals surface area contributed by atoms with Crippen molar-refractivity contribution in [3.8, 4) is 0 Å². The minimum atomic E-state index is -0.0172. The van der Waals surface area contributed by atoms with Crippen molar-refractivity contribution in [2.24, 2.45) is 5.92 Å². The van der Waals surface area contributed by atoms with Crippen molar-refractivity contribution in [1.29, 1.82) is 0 Å². The van der Waals surface area contributed by atoms with Crippen molar-refractivity contribution in [2.45, 2.75) is 12.8 Å². The molecular weight excluding hydrogens is 404 g/mol. The normalized spacial score (nSPS) is 15.0. The third-order valence-corrected chi connectivity index (χ3v) is 5.37. The van der Waals surface area contributed by atoms with E-state index in [1.54, 1.807) is 12.1 Å². The summed E-state index contributed by atoms with van der Waals surface area (Å²) in [5, 5.41) is 3.55. The Balaban J connectivity index is 1.58. The highest BCUT2D eigenvalue weighted by Gasteiger charge is 2.25. The summed E-state index contributed by atoms with van der Waals surface area (Å²) in [6, 6.07) is 12.9. The lowest BCUT2D eigenvalue weighted by atomic mass is 9.95. The van der Waals surface area contributed by atoms with Crippen LogP contribution in [-0.4, -0.2) is 25.3 Å². The predicted molar refractivity (Wildman–Crippen MR) is 105 cm³/mol. The number of carbonyl (C=O) groups is 2. The minimum Gasteiger partial charge on any atom is -0.371 e. The first kappa shape index (κ1) is 18.0. The van der Waals surface area contributed by atoms with Gasteiger partial charge in [-0.2, -0.15) is 0 Å². The van der Waals surface area contributed by atoms with E-state index >= 15 is 0 Å². The largest absolute Gasteiger partial charge is 0.371 e. The van der Waals surface area contributed by atoms with Crippen LogP contribution < -0.4 is 10.2 Å². The number of hydrogen-bond donors (Lipinski definition) is 1. The lowest BCUT2D eigenvalue weighted by Crippen LogP contribution is -2.38. The summed E-state index contributed by atoms with van der Waals surface area (Å²) >= 11 is 9.42. The van der Waals surface area contributed by atoms with Gasteiger partial charge in [0.1, 0.15) is 6.29 Å². The Kier molecular flexibility index (Phi) is 5.76. The summed E-state index contributed by atoms with van der Waals surface area (Å²) < 4.78 is 0.818. The van der Waals surface area contributed by atoms with Crippen LogP contribution in [0.5, 0.6) is 0 Å². The highest BCUT2D eigenvalue weighted by molar-refractivity contribution is 9.10. The number of carbonyl (C=O) groups excluding carboxylic acids is 2. The van der Waals surface area contributed by atoms with E-state index in [1.807, 2.05) is 30.3 Å². The van der Waals surface area contributed by atoms with Gasteiger partial charge < -0.3 is 10.2 Å². The molecule has 2 aromatic rings. The number of amides is 1. The van der Waals surface area contributed by atoms with Gasteiger partial charge in [0.2, 0.25) is 5.91 Å². The van der Waals surface area contributed by atoms with E-state index in [9.17, 15) is 9.59 Å². The van der Waals surface area contributed by atoms with Crippen molar-refractivity contribution in [1.82, 2.24) is 0 Å². The molecule has 130 valence electrons. The van der Waals surface area contributed by atoms with Gasteiger partial charge in [0, 0.05) is 39.8 Å². The number of rotatable bonds is 4. The standard InChI is InChI=1S/C19H18BrClN2O2/c20-17-6-3-15(21)11-18(17)22-19(25)14-7-9-23(10-8-14)16-4-1-13(12-24)2-5-16/h1-6,11-12,14H,7-10H2,(H,22,25). The minimum absolute atomic E-state index is 0.0172. The van der Waals surface area contributed by atoms with Crippen LogP contribution in [0.4, 0.5) is 11.4 Å². The number of hydrogen-bond acceptors (Lipinski definition) is 3. The van der Waals surface area contributed by atoms with Crippen molar-refractivity contribution < 1.29 is 9.59 Å². The summed E-state index contributed by atoms with van der Waals surface area (Å²) in [6.45, 7) is 1.63. The highest BCUT2D eigenvalue weighted by Crippen LogP contribution is 2.28. The molecule has 0 spiro atoms. The van der Waals surface area contributed by atoms with Gasteiger partial charge >= 0.3 is 0 Å². The molecule has 3 rings (SSSR count). The maximum atomic E-state index is 12.5. The van der Waals surface area contributed by atoms with Gasteiger partial charge in [-0.3, -0.25) is 9.59 Å². The van der Waals surface area contributed by atoms with Crippen LogP contribution in [0, 0.1) is 5.92 Å². The third kappa shape index (κ3) is 4.41. The first-order valence-corrected chi connectivity index (χ1v) is 9.30. The van der Waals surface area contributed by atoms with Crippen molar-refractivity contribution in [3.63, 3.8) is 0 Å². The topological polar surface area (TPSA) is 49.4 Å². The quantitative estimate of drug-likeness (QED) is 0.723. The van der Waals surface area contributed by atoms with Crippen LogP contribution in [0.15, 0.2) is 46.9 Å². The second-order valence-electron chi connectivity index (χ2n) is 6.08. The Morgan fingerprint density at radius 1 is 1.16 bits per heavy atom. The molecule has 1 amide bonds. The summed E-state index contributed by atoms with van der Waals surface area (Å²) in [4.78, 5) is 25.5. The van der Waals surface area contributed by atoms with E-state index in [4.69, 9.17) is 11.6 Å². The van der Waals surface area contributed by atoms with Crippen molar-refractivity contribution in [3.05, 3.63) is 57.5 Å². The smallest absolute Gasteiger partial charge is 0.227 e. The predicted octanol–water partition coefficient (Wildman–Crippen LogP) is 4.77. The van der Waals surface area contributed by atoms with Gasteiger partial charge in [-0.15, -0.1) is 0 Å². The maximum absolute atomic E-state index is 12.5. The number of halogens is 2. The zero-order valence-electron chi connectivity index (χ0n) is 13.5. The fraction of sp³-hybridized carbons (Fsp3) is 0.263. The van der Waals surface area contributed by atoms with E-state index in [0.717, 1.165) is 42.4 Å². The van der Waals surface area contributed by atoms with Crippen LogP contribution >= 0.6 is 27.5 Å². The van der Waals surface area contributed by atoms with Gasteiger partial charge in [-0.05, 0) is 71.2 Å². The van der Waals surface area contributed by atoms with Crippen molar-refractivity contribution in [2.75, 3.05) is 23.3 Å². The fourth-order valence-corrected chi connectivity index (χ4v) is 3.51. The summed E-state index contributed by atoms with van der Waals surface area (Å²) in [6.07, 6.45) is 2.42. The molecule has 2 aromatic carbocycles. The van der Waals surface area contributed by atoms with Gasteiger partial charge in [0.05, 0.1) is 5.69 Å². The van der Waals surface area contributed by atoms with Gasteiger partial charge in [0.25, 0.3) is 0 Å². The molecule has 1 aliphatic heterocycles. The third-order valence-electron chi connectivity index (χ3n) is 4.45. The van der Waals surface area contributed by atoms with Gasteiger partial charge in [0.15, 0.2) is 0 Å². The molecule has 25 heavy (non-hydrogen) atoms. The molecule has 1 N–H and O–H groups in total. The average molecular weight is 422 g/mol. The van der Waals surface area contributed by atoms with E-state index in [-0.39, 0.29) is 11.8 Å². The number of anilines is 2. The number of benzene rings is 2. The fourth-order valence-electron chi connectivity index (χ4n) is 2.99. The molecule has 1 aliphatic rings. The molecule has 6 heteroatoms. The zero-order valence-corrected chi connectivity index (χ0v) is 15.9. The van der Waals surface area contributed by atoms with Crippen LogP contribution in [0.25, 0.3) is 0 Å². The van der Waals surface area contributed by atoms with E-state index < -0.39 is 0 Å². The molecule has 0 aromatic heterocycles. The highest BCUT2D eigenvalue weighted by atomic mass is 79.9. The number of nitrogens with one attached hydrogen (secondary N) is 1. The Morgan fingerprint density at radius 2 is 1.84 bits per heavy atom. The molecule has 1 saturated heterocycles. The molecule has 1 fully saturated rings. The van der Waals surface area contributed by atoms with E-state index in [1.165, 1.54) is 0 Å². The summed E-state index contributed by atoms with van der Waals surface area (Å²) in [5.74, 6) is 0.00954. The first-order chi connectivity index (χ1) is 12.1. The van der Waals surface area contributed by atoms with Crippen molar-refractivity contribution >= 4 is 51.1 Å². The van der Waals surface area contributed by atoms with E-state index in [0.29, 0.717) is 16.3 Å². The van der Waals surface area contributed by atoms with Crippen LogP contribution in [0.1, 0.15) is 23.2 Å². The van der Waals surface area contributed by atoms with Crippen LogP contribution in [0.2, 0.25) is 5.02 Å². The van der Waals surface area contributed by atoms with Gasteiger partial charge in [-0.25, -0.2) is 0 Å². The average Bonchev–Trinajstić information content (AvgIpc) is 2.65. The molecule has 0 bridgehead atoms. The maximum Gasteiger partial charge on any atom is 0.227 e. The zero-order chi connectivity index (χ0) is 17.8. The van der Waals surface area contributed by atoms with E-state index in [2.05, 4.69) is 26.1 Å². The Bertz CT molecular complexity index is 771. The number of piperidine rings is 1. The Morgan fingerprint density at radius 3 is 2.48 bits per heavy atom.